The highest BCUT2D eigenvalue weighted by Crippen LogP contribution is 2.21. The molecule has 0 unspecified atom stereocenters. The molecule has 0 bridgehead atoms. The van der Waals surface area contributed by atoms with Crippen molar-refractivity contribution in [2.75, 3.05) is 0 Å². The lowest BCUT2D eigenvalue weighted by molar-refractivity contribution is -0.114. The van der Waals surface area contributed by atoms with Crippen LogP contribution in [0, 0.1) is 0 Å². The van der Waals surface area contributed by atoms with Gasteiger partial charge in [-0.25, -0.2) is 0 Å². The molecule has 0 aliphatic carbocycles. The van der Waals surface area contributed by atoms with Crippen LogP contribution in [-0.4, -0.2) is 11.8 Å². The first-order chi connectivity index (χ1) is 13.6. The number of rotatable bonds is 5. The van der Waals surface area contributed by atoms with Gasteiger partial charge in [0, 0.05) is 20.6 Å². The molecule has 7 heteroatoms. The number of carbonyl (C=O) groups excluding carboxylic acids is 2. The first-order valence-corrected chi connectivity index (χ1v) is 10.3. The monoisotopic (exact) mass is 514 g/mol. The van der Waals surface area contributed by atoms with Crippen LogP contribution in [0.15, 0.2) is 59.6 Å². The van der Waals surface area contributed by atoms with E-state index in [4.69, 9.17) is 28.9 Å². The Bertz CT molecular complexity index is 868. The van der Waals surface area contributed by atoms with Crippen molar-refractivity contribution < 1.29 is 9.59 Å². The van der Waals surface area contributed by atoms with Crippen LogP contribution in [-0.2, 0) is 22.4 Å². The van der Waals surface area contributed by atoms with E-state index in [1.807, 2.05) is 43.3 Å². The summed E-state index contributed by atoms with van der Waals surface area (Å²) in [6.45, 7) is 7.21. The second-order valence-corrected chi connectivity index (χ2v) is 7.37. The van der Waals surface area contributed by atoms with Crippen LogP contribution < -0.4 is 11.5 Å². The van der Waals surface area contributed by atoms with Crippen LogP contribution in [0.4, 0.5) is 0 Å². The minimum Gasteiger partial charge on any atom is -0.366 e. The van der Waals surface area contributed by atoms with Gasteiger partial charge >= 0.3 is 0 Å². The molecule has 30 heavy (non-hydrogen) atoms. The molecule has 164 valence electrons. The summed E-state index contributed by atoms with van der Waals surface area (Å²) < 4.78 is 1.09. The van der Waals surface area contributed by atoms with Crippen LogP contribution in [0.25, 0.3) is 6.08 Å². The van der Waals surface area contributed by atoms with Gasteiger partial charge < -0.3 is 11.5 Å². The number of amides is 2. The van der Waals surface area contributed by atoms with E-state index in [-0.39, 0.29) is 7.43 Å². The number of nitrogens with two attached hydrogens (primary N) is 2. The fraction of sp³-hybridized carbons (Fsp3) is 0.217. The van der Waals surface area contributed by atoms with E-state index in [1.54, 1.807) is 6.08 Å². The van der Waals surface area contributed by atoms with E-state index >= 15 is 0 Å². The Kier molecular flexibility index (Phi) is 16.8. The maximum absolute atomic E-state index is 10.5. The first kappa shape index (κ1) is 30.1. The zero-order valence-electron chi connectivity index (χ0n) is 16.4. The Balaban J connectivity index is 0. The highest BCUT2D eigenvalue weighted by molar-refractivity contribution is 9.10. The molecule has 0 spiro atoms. The van der Waals surface area contributed by atoms with Crippen molar-refractivity contribution in [3.63, 3.8) is 0 Å². The van der Waals surface area contributed by atoms with Gasteiger partial charge in [0.1, 0.15) is 0 Å². The molecule has 2 aromatic carbocycles. The summed E-state index contributed by atoms with van der Waals surface area (Å²) in [5.41, 5.74) is 12.7. The van der Waals surface area contributed by atoms with Crippen molar-refractivity contribution >= 4 is 57.0 Å². The van der Waals surface area contributed by atoms with Gasteiger partial charge in [0.15, 0.2) is 0 Å². The molecule has 0 aromatic heterocycles. The fourth-order valence-electron chi connectivity index (χ4n) is 1.96. The number of primary amides is 2. The number of aryl methyl sites for hydroxylation is 2. The van der Waals surface area contributed by atoms with E-state index in [1.165, 1.54) is 11.6 Å². The Morgan fingerprint density at radius 1 is 0.967 bits per heavy atom. The quantitative estimate of drug-likeness (QED) is 0.454. The van der Waals surface area contributed by atoms with Gasteiger partial charge in [-0.2, -0.15) is 0 Å². The third-order valence-corrected chi connectivity index (χ3v) is 4.71. The average Bonchev–Trinajstić information content (AvgIpc) is 2.70. The summed E-state index contributed by atoms with van der Waals surface area (Å²) >= 11 is 15.2. The first-order valence-electron chi connectivity index (χ1n) is 8.76. The predicted molar refractivity (Wildman–Crippen MR) is 134 cm³/mol. The number of halogens is 3. The Morgan fingerprint density at radius 3 is 1.83 bits per heavy atom. The van der Waals surface area contributed by atoms with Gasteiger partial charge in [-0.05, 0) is 65.9 Å². The topological polar surface area (TPSA) is 86.2 Å². The third kappa shape index (κ3) is 13.2. The second kappa shape index (κ2) is 16.7. The van der Waals surface area contributed by atoms with Crippen molar-refractivity contribution in [2.24, 2.45) is 11.5 Å². The van der Waals surface area contributed by atoms with Crippen molar-refractivity contribution in [1.82, 2.24) is 0 Å². The Hall–Kier alpha value is -2.08. The van der Waals surface area contributed by atoms with Crippen LogP contribution in [0.2, 0.25) is 10.0 Å². The van der Waals surface area contributed by atoms with E-state index in [2.05, 4.69) is 35.2 Å². The highest BCUT2D eigenvalue weighted by Gasteiger charge is 1.98. The number of benzene rings is 2. The van der Waals surface area contributed by atoms with Crippen molar-refractivity contribution in [3.05, 3.63) is 86.3 Å². The SMILES string of the molecule is C.C=CC(N)=O.CCc1cc(/C=C/C(N)=O)ccc1Cl.CCc1cc(Br)ccc1Cl. The number of carbonyl (C=O) groups is 2. The van der Waals surface area contributed by atoms with E-state index in [0.717, 1.165) is 44.6 Å². The summed E-state index contributed by atoms with van der Waals surface area (Å²) in [5, 5.41) is 1.61. The van der Waals surface area contributed by atoms with Gasteiger partial charge in [0.2, 0.25) is 11.8 Å². The normalized spacial score (nSPS) is 9.37. The highest BCUT2D eigenvalue weighted by atomic mass is 79.9. The predicted octanol–water partition coefficient (Wildman–Crippen LogP) is 6.36. The molecule has 0 saturated carbocycles. The summed E-state index contributed by atoms with van der Waals surface area (Å²) in [4.78, 5) is 20.0. The van der Waals surface area contributed by atoms with Gasteiger partial charge in [0.05, 0.1) is 0 Å². The smallest absolute Gasteiger partial charge is 0.241 e. The second-order valence-electron chi connectivity index (χ2n) is 5.64. The fourth-order valence-corrected chi connectivity index (χ4v) is 2.87. The van der Waals surface area contributed by atoms with Gasteiger partial charge in [-0.15, -0.1) is 0 Å². The summed E-state index contributed by atoms with van der Waals surface area (Å²) in [6.07, 6.45) is 5.93. The van der Waals surface area contributed by atoms with E-state index in [9.17, 15) is 9.59 Å². The molecule has 2 rings (SSSR count). The van der Waals surface area contributed by atoms with E-state index in [0.29, 0.717) is 0 Å². The molecule has 4 nitrogen and oxygen atoms in total. The molecule has 4 N–H and O–H groups in total. The van der Waals surface area contributed by atoms with Crippen molar-refractivity contribution in [2.45, 2.75) is 34.1 Å². The molecule has 0 fully saturated rings. The Morgan fingerprint density at radius 2 is 1.43 bits per heavy atom. The van der Waals surface area contributed by atoms with Crippen molar-refractivity contribution in [3.8, 4) is 0 Å². The summed E-state index contributed by atoms with van der Waals surface area (Å²) in [5.74, 6) is -0.928. The zero-order chi connectivity index (χ0) is 22.4. The lowest BCUT2D eigenvalue weighted by Crippen LogP contribution is -2.05. The van der Waals surface area contributed by atoms with Crippen molar-refractivity contribution in [1.29, 1.82) is 0 Å². The standard InChI is InChI=1S/C11H12ClNO.C8H8BrCl.C3H5NO.CH4/c1-2-9-7-8(3-5-10(9)12)4-6-11(13)14;1-2-6-5-7(9)3-4-8(6)10;1-2-3(4)5;/h3-7H,2H2,1H3,(H2,13,14);3-5H,2H2,1H3;2H,1H2,(H2,4,5);1H4/b6-4+;;;. The van der Waals surface area contributed by atoms with Crippen LogP contribution in [0.1, 0.15) is 38.0 Å². The molecule has 0 aliphatic heterocycles. The van der Waals surface area contributed by atoms with Gasteiger partial charge in [-0.3, -0.25) is 9.59 Å². The minimum atomic E-state index is -0.481. The lowest BCUT2D eigenvalue weighted by atomic mass is 10.1. The Labute approximate surface area is 198 Å². The summed E-state index contributed by atoms with van der Waals surface area (Å²) in [7, 11) is 0. The largest absolute Gasteiger partial charge is 0.366 e. The van der Waals surface area contributed by atoms with Gasteiger partial charge in [0.25, 0.3) is 0 Å². The lowest BCUT2D eigenvalue weighted by Gasteiger charge is -2.01. The van der Waals surface area contributed by atoms with Crippen LogP contribution >= 0.6 is 39.1 Å². The molecule has 0 atom stereocenters. The zero-order valence-corrected chi connectivity index (χ0v) is 19.5. The maximum atomic E-state index is 10.5. The molecule has 0 heterocycles. The van der Waals surface area contributed by atoms with E-state index < -0.39 is 11.8 Å². The molecule has 2 aromatic rings. The van der Waals surface area contributed by atoms with Gasteiger partial charge in [-0.1, -0.05) is 79.1 Å². The minimum absolute atomic E-state index is 0. The third-order valence-electron chi connectivity index (χ3n) is 3.48. The molecular weight excluding hydrogens is 487 g/mol. The average molecular weight is 516 g/mol. The molecule has 0 aliphatic rings. The van der Waals surface area contributed by atoms with Crippen LogP contribution in [0.5, 0.6) is 0 Å². The summed E-state index contributed by atoms with van der Waals surface area (Å²) in [6, 6.07) is 11.5. The molecular formula is C23H29BrCl2N2O2. The maximum Gasteiger partial charge on any atom is 0.241 e. The molecule has 0 radical (unpaired) electrons. The molecule has 2 amide bonds. The van der Waals surface area contributed by atoms with Crippen LogP contribution in [0.3, 0.4) is 0 Å². The number of hydrogen-bond donors (Lipinski definition) is 2. The number of hydrogen-bond acceptors (Lipinski definition) is 2. The molecule has 0 saturated heterocycles.